The average Bonchev–Trinajstić information content (AvgIpc) is 3.17. The highest BCUT2D eigenvalue weighted by Crippen LogP contribution is 2.21. The molecule has 0 saturated carbocycles. The summed E-state index contributed by atoms with van der Waals surface area (Å²) in [5.41, 5.74) is 0. The van der Waals surface area contributed by atoms with Crippen LogP contribution in [0.15, 0.2) is 22.0 Å². The number of morpholine rings is 1. The molecule has 6 nitrogen and oxygen atoms in total. The first-order valence-electron chi connectivity index (χ1n) is 7.91. The molecule has 23 heavy (non-hydrogen) atoms. The van der Waals surface area contributed by atoms with Gasteiger partial charge >= 0.3 is 0 Å². The van der Waals surface area contributed by atoms with Crippen LogP contribution >= 0.6 is 11.3 Å². The van der Waals surface area contributed by atoms with Gasteiger partial charge in [0.2, 0.25) is 17.6 Å². The van der Waals surface area contributed by atoms with Crippen LogP contribution in [0.1, 0.15) is 32.6 Å². The van der Waals surface area contributed by atoms with E-state index in [0.717, 1.165) is 4.88 Å². The lowest BCUT2D eigenvalue weighted by Gasteiger charge is -2.35. The van der Waals surface area contributed by atoms with Gasteiger partial charge in [-0.15, -0.1) is 11.3 Å². The molecule has 1 aliphatic rings. The van der Waals surface area contributed by atoms with Crippen molar-refractivity contribution < 1.29 is 14.1 Å². The highest BCUT2D eigenvalue weighted by atomic mass is 32.1. The number of thiophene rings is 1. The molecule has 0 radical (unpaired) electrons. The fraction of sp³-hybridized carbons (Fsp3) is 0.562. The number of carbonyl (C=O) groups excluding carboxylic acids is 1. The minimum absolute atomic E-state index is 0.104. The van der Waals surface area contributed by atoms with Crippen molar-refractivity contribution in [1.82, 2.24) is 15.0 Å². The predicted octanol–water partition coefficient (Wildman–Crippen LogP) is 2.76. The van der Waals surface area contributed by atoms with Gasteiger partial charge in [-0.2, -0.15) is 4.98 Å². The Morgan fingerprint density at radius 3 is 2.87 bits per heavy atom. The number of ether oxygens (including phenoxy) is 1. The average molecular weight is 335 g/mol. The smallest absolute Gasteiger partial charge is 0.226 e. The van der Waals surface area contributed by atoms with E-state index in [2.05, 4.69) is 10.1 Å². The van der Waals surface area contributed by atoms with Crippen molar-refractivity contribution in [3.8, 4) is 10.7 Å². The minimum Gasteiger partial charge on any atom is -0.372 e. The Kier molecular flexibility index (Phi) is 5.07. The second-order valence-electron chi connectivity index (χ2n) is 5.90. The largest absolute Gasteiger partial charge is 0.372 e. The van der Waals surface area contributed by atoms with Gasteiger partial charge in [-0.1, -0.05) is 11.2 Å². The molecule has 124 valence electrons. The van der Waals surface area contributed by atoms with Crippen molar-refractivity contribution in [2.75, 3.05) is 13.1 Å². The number of aromatic nitrogens is 2. The third kappa shape index (κ3) is 4.17. The molecule has 3 heterocycles. The maximum Gasteiger partial charge on any atom is 0.226 e. The van der Waals surface area contributed by atoms with Crippen LogP contribution < -0.4 is 0 Å². The molecule has 1 saturated heterocycles. The van der Waals surface area contributed by atoms with E-state index in [-0.39, 0.29) is 18.1 Å². The van der Waals surface area contributed by atoms with Gasteiger partial charge in [-0.3, -0.25) is 4.79 Å². The van der Waals surface area contributed by atoms with E-state index < -0.39 is 0 Å². The van der Waals surface area contributed by atoms with Gasteiger partial charge in [-0.25, -0.2) is 0 Å². The molecule has 0 bridgehead atoms. The van der Waals surface area contributed by atoms with E-state index in [1.165, 1.54) is 0 Å². The molecule has 1 aliphatic heterocycles. The van der Waals surface area contributed by atoms with Crippen molar-refractivity contribution in [3.05, 3.63) is 23.4 Å². The number of carbonyl (C=O) groups is 1. The van der Waals surface area contributed by atoms with E-state index in [4.69, 9.17) is 9.26 Å². The first kappa shape index (κ1) is 16.1. The van der Waals surface area contributed by atoms with E-state index in [0.29, 0.717) is 44.1 Å². The van der Waals surface area contributed by atoms with Gasteiger partial charge in [0.1, 0.15) is 0 Å². The van der Waals surface area contributed by atoms with Crippen molar-refractivity contribution in [3.63, 3.8) is 0 Å². The topological polar surface area (TPSA) is 68.5 Å². The number of hydrogen-bond donors (Lipinski definition) is 0. The third-order valence-electron chi connectivity index (χ3n) is 3.76. The molecule has 2 aromatic rings. The number of amides is 1. The number of aryl methyl sites for hydroxylation is 1. The summed E-state index contributed by atoms with van der Waals surface area (Å²) in [4.78, 5) is 19.5. The first-order valence-corrected chi connectivity index (χ1v) is 8.79. The Hall–Kier alpha value is -1.73. The van der Waals surface area contributed by atoms with E-state index >= 15 is 0 Å². The van der Waals surface area contributed by atoms with Crippen LogP contribution in [0.25, 0.3) is 10.7 Å². The zero-order valence-electron chi connectivity index (χ0n) is 13.4. The minimum atomic E-state index is 0.104. The molecule has 3 rings (SSSR count). The summed E-state index contributed by atoms with van der Waals surface area (Å²) < 4.78 is 10.9. The van der Waals surface area contributed by atoms with Crippen LogP contribution in [-0.2, 0) is 16.0 Å². The fourth-order valence-electron chi connectivity index (χ4n) is 2.79. The predicted molar refractivity (Wildman–Crippen MR) is 87.1 cm³/mol. The van der Waals surface area contributed by atoms with Crippen LogP contribution in [0.5, 0.6) is 0 Å². The molecule has 2 atom stereocenters. The maximum absolute atomic E-state index is 12.3. The summed E-state index contributed by atoms with van der Waals surface area (Å²) in [6, 6.07) is 3.92. The molecule has 0 aromatic carbocycles. The Balaban J connectivity index is 1.47. The van der Waals surface area contributed by atoms with Gasteiger partial charge < -0.3 is 14.2 Å². The second-order valence-corrected chi connectivity index (χ2v) is 6.85. The zero-order chi connectivity index (χ0) is 16.2. The summed E-state index contributed by atoms with van der Waals surface area (Å²) in [6.45, 7) is 5.35. The molecule has 0 aliphatic carbocycles. The second kappa shape index (κ2) is 7.23. The summed E-state index contributed by atoms with van der Waals surface area (Å²) in [7, 11) is 0. The highest BCUT2D eigenvalue weighted by Gasteiger charge is 2.25. The molecule has 0 N–H and O–H groups in total. The molecule has 7 heteroatoms. The van der Waals surface area contributed by atoms with Crippen LogP contribution in [-0.4, -0.2) is 46.2 Å². The van der Waals surface area contributed by atoms with Crippen LogP contribution in [0.2, 0.25) is 0 Å². The Morgan fingerprint density at radius 2 is 2.17 bits per heavy atom. The number of rotatable bonds is 5. The maximum atomic E-state index is 12.3. The lowest BCUT2D eigenvalue weighted by molar-refractivity contribution is -0.143. The number of hydrogen-bond acceptors (Lipinski definition) is 6. The lowest BCUT2D eigenvalue weighted by atomic mass is 10.1. The van der Waals surface area contributed by atoms with E-state index in [1.807, 2.05) is 36.3 Å². The summed E-state index contributed by atoms with van der Waals surface area (Å²) >= 11 is 1.58. The quantitative estimate of drug-likeness (QED) is 0.840. The summed E-state index contributed by atoms with van der Waals surface area (Å²) in [6.07, 6.45) is 2.04. The van der Waals surface area contributed by atoms with Crippen LogP contribution in [0.3, 0.4) is 0 Å². The highest BCUT2D eigenvalue weighted by molar-refractivity contribution is 7.13. The molecule has 1 amide bonds. The normalized spacial score (nSPS) is 21.6. The van der Waals surface area contributed by atoms with E-state index in [9.17, 15) is 4.79 Å². The molecular formula is C16H21N3O3S. The van der Waals surface area contributed by atoms with Gasteiger partial charge in [0, 0.05) is 25.9 Å². The summed E-state index contributed by atoms with van der Waals surface area (Å²) in [5.74, 6) is 1.38. The first-order chi connectivity index (χ1) is 11.1. The molecule has 1 fully saturated rings. The van der Waals surface area contributed by atoms with Crippen LogP contribution in [0.4, 0.5) is 0 Å². The van der Waals surface area contributed by atoms with Gasteiger partial charge in [0.05, 0.1) is 17.1 Å². The van der Waals surface area contributed by atoms with Gasteiger partial charge in [-0.05, 0) is 31.7 Å². The Bertz CT molecular complexity index is 631. The van der Waals surface area contributed by atoms with E-state index in [1.54, 1.807) is 11.3 Å². The van der Waals surface area contributed by atoms with Crippen molar-refractivity contribution in [2.45, 2.75) is 45.3 Å². The molecular weight excluding hydrogens is 314 g/mol. The van der Waals surface area contributed by atoms with Crippen molar-refractivity contribution in [2.24, 2.45) is 0 Å². The number of nitrogens with zero attached hydrogens (tertiary/aromatic N) is 3. The third-order valence-corrected chi connectivity index (χ3v) is 4.63. The van der Waals surface area contributed by atoms with Crippen LogP contribution in [0, 0.1) is 0 Å². The SMILES string of the molecule is CC1CN(C(=O)CCCc2nc(-c3cccs3)no2)CC(C)O1. The van der Waals surface area contributed by atoms with Crippen molar-refractivity contribution in [1.29, 1.82) is 0 Å². The van der Waals surface area contributed by atoms with Crippen molar-refractivity contribution >= 4 is 17.2 Å². The molecule has 2 unspecified atom stereocenters. The van der Waals surface area contributed by atoms with Gasteiger partial charge in [0.25, 0.3) is 0 Å². The molecule has 0 spiro atoms. The monoisotopic (exact) mass is 335 g/mol. The molecule has 2 aromatic heterocycles. The summed E-state index contributed by atoms with van der Waals surface area (Å²) in [5, 5.41) is 5.96. The Labute approximate surface area is 139 Å². The Morgan fingerprint density at radius 1 is 1.39 bits per heavy atom. The van der Waals surface area contributed by atoms with Gasteiger partial charge in [0.15, 0.2) is 0 Å². The lowest BCUT2D eigenvalue weighted by Crippen LogP contribution is -2.48. The fourth-order valence-corrected chi connectivity index (χ4v) is 3.44. The standard InChI is InChI=1S/C16H21N3O3S/c1-11-9-19(10-12(2)21-11)15(20)7-3-6-14-17-16(18-22-14)13-5-4-8-23-13/h4-5,8,11-12H,3,6-7,9-10H2,1-2H3. The zero-order valence-corrected chi connectivity index (χ0v) is 14.2.